The van der Waals surface area contributed by atoms with Crippen LogP contribution in [0, 0.1) is 0 Å². The molecule has 4 rings (SSSR count). The molecule has 0 N–H and O–H groups in total. The lowest BCUT2D eigenvalue weighted by molar-refractivity contribution is -0.134. The molecule has 3 aromatic rings. The quantitative estimate of drug-likeness (QED) is 0.676. The van der Waals surface area contributed by atoms with E-state index in [1.54, 1.807) is 33.7 Å². The van der Waals surface area contributed by atoms with Gasteiger partial charge in [-0.25, -0.2) is 0 Å². The molecule has 1 atom stereocenters. The van der Waals surface area contributed by atoms with E-state index in [9.17, 15) is 9.59 Å². The van der Waals surface area contributed by atoms with E-state index in [-0.39, 0.29) is 11.8 Å². The number of carbonyl (C=O) groups is 2. The molecule has 0 bridgehead atoms. The average molecular weight is 391 g/mol. The van der Waals surface area contributed by atoms with Gasteiger partial charge in [-0.15, -0.1) is 11.8 Å². The van der Waals surface area contributed by atoms with Crippen LogP contribution in [0.3, 0.4) is 0 Å². The van der Waals surface area contributed by atoms with Gasteiger partial charge in [-0.2, -0.15) is 0 Å². The summed E-state index contributed by atoms with van der Waals surface area (Å²) in [5.41, 5.74) is 1.71. The predicted octanol–water partition coefficient (Wildman–Crippen LogP) is 4.01. The monoisotopic (exact) mass is 390 g/mol. The molecule has 1 heterocycles. The first-order chi connectivity index (χ1) is 13.6. The van der Waals surface area contributed by atoms with Gasteiger partial charge in [0.15, 0.2) is 0 Å². The van der Waals surface area contributed by atoms with Gasteiger partial charge in [0, 0.05) is 24.9 Å². The van der Waals surface area contributed by atoms with Crippen LogP contribution in [-0.2, 0) is 11.3 Å². The number of rotatable bonds is 4. The lowest BCUT2D eigenvalue weighted by Gasteiger charge is -2.27. The maximum absolute atomic E-state index is 13.1. The molecule has 2 amide bonds. The molecule has 0 aliphatic carbocycles. The van der Waals surface area contributed by atoms with Gasteiger partial charge in [-0.05, 0) is 34.5 Å². The van der Waals surface area contributed by atoms with E-state index in [1.165, 1.54) is 5.39 Å². The summed E-state index contributed by atoms with van der Waals surface area (Å²) in [7, 11) is 1.81. The lowest BCUT2D eigenvalue weighted by Crippen LogP contribution is -2.47. The van der Waals surface area contributed by atoms with Gasteiger partial charge in [0.25, 0.3) is 5.91 Å². The van der Waals surface area contributed by atoms with Crippen LogP contribution in [0.4, 0.5) is 0 Å². The van der Waals surface area contributed by atoms with Crippen LogP contribution >= 0.6 is 11.8 Å². The summed E-state index contributed by atoms with van der Waals surface area (Å²) < 4.78 is 0. The molecule has 0 radical (unpaired) electrons. The fourth-order valence-electron chi connectivity index (χ4n) is 3.54. The summed E-state index contributed by atoms with van der Waals surface area (Å²) in [6.07, 6.45) is 0. The maximum Gasteiger partial charge on any atom is 0.255 e. The Bertz CT molecular complexity index is 1010. The summed E-state index contributed by atoms with van der Waals surface area (Å²) in [6.45, 7) is 0.526. The second-order valence-electron chi connectivity index (χ2n) is 7.03. The molecule has 1 fully saturated rings. The zero-order chi connectivity index (χ0) is 19.5. The number of carbonyl (C=O) groups excluding carboxylic acids is 2. The van der Waals surface area contributed by atoms with E-state index in [2.05, 4.69) is 30.3 Å². The predicted molar refractivity (Wildman–Crippen MR) is 114 cm³/mol. The molecule has 1 aliphatic heterocycles. The lowest BCUT2D eigenvalue weighted by atomic mass is 10.1. The third-order valence-electron chi connectivity index (χ3n) is 5.06. The molecule has 1 saturated heterocycles. The van der Waals surface area contributed by atoms with Gasteiger partial charge in [0.1, 0.15) is 6.04 Å². The van der Waals surface area contributed by atoms with Crippen molar-refractivity contribution >= 4 is 34.3 Å². The number of nitrogens with zero attached hydrogens (tertiary/aromatic N) is 2. The average Bonchev–Trinajstić information content (AvgIpc) is 3.23. The largest absolute Gasteiger partial charge is 0.340 e. The van der Waals surface area contributed by atoms with E-state index < -0.39 is 6.04 Å². The highest BCUT2D eigenvalue weighted by Gasteiger charge is 2.36. The van der Waals surface area contributed by atoms with Gasteiger partial charge >= 0.3 is 0 Å². The highest BCUT2D eigenvalue weighted by Crippen LogP contribution is 2.25. The Kier molecular flexibility index (Phi) is 5.35. The maximum atomic E-state index is 13.1. The Labute approximate surface area is 169 Å². The van der Waals surface area contributed by atoms with E-state index >= 15 is 0 Å². The van der Waals surface area contributed by atoms with Crippen LogP contribution in [0.25, 0.3) is 10.8 Å². The van der Waals surface area contributed by atoms with Crippen molar-refractivity contribution in [3.63, 3.8) is 0 Å². The Morgan fingerprint density at radius 1 is 1.00 bits per heavy atom. The van der Waals surface area contributed by atoms with Crippen molar-refractivity contribution in [3.8, 4) is 0 Å². The van der Waals surface area contributed by atoms with E-state index in [0.29, 0.717) is 23.7 Å². The SMILES string of the molecule is CN(Cc1ccc2ccccc2c1)C(=O)[C@H]1CSCN1C(=O)c1ccccc1. The smallest absolute Gasteiger partial charge is 0.255 e. The minimum atomic E-state index is -0.414. The second kappa shape index (κ2) is 8.07. The van der Waals surface area contributed by atoms with Gasteiger partial charge in [-0.1, -0.05) is 54.6 Å². The molecule has 0 spiro atoms. The Balaban J connectivity index is 1.48. The zero-order valence-electron chi connectivity index (χ0n) is 15.7. The molecular formula is C23H22N2O2S. The molecule has 0 unspecified atom stereocenters. The van der Waals surface area contributed by atoms with Crippen molar-refractivity contribution in [1.82, 2.24) is 9.80 Å². The van der Waals surface area contributed by atoms with Crippen LogP contribution < -0.4 is 0 Å². The fraction of sp³-hybridized carbons (Fsp3) is 0.217. The highest BCUT2D eigenvalue weighted by atomic mass is 32.2. The number of fused-ring (bicyclic) bond motifs is 1. The summed E-state index contributed by atoms with van der Waals surface area (Å²) in [6, 6.07) is 23.2. The van der Waals surface area contributed by atoms with E-state index in [4.69, 9.17) is 0 Å². The van der Waals surface area contributed by atoms with Crippen molar-refractivity contribution in [1.29, 1.82) is 0 Å². The second-order valence-corrected chi connectivity index (χ2v) is 8.03. The number of thioether (sulfide) groups is 1. The third-order valence-corrected chi connectivity index (χ3v) is 6.07. The molecule has 0 saturated carbocycles. The Morgan fingerprint density at radius 2 is 1.71 bits per heavy atom. The fourth-order valence-corrected chi connectivity index (χ4v) is 4.68. The van der Waals surface area contributed by atoms with Gasteiger partial charge < -0.3 is 9.80 Å². The van der Waals surface area contributed by atoms with E-state index in [1.807, 2.05) is 37.4 Å². The zero-order valence-corrected chi connectivity index (χ0v) is 16.6. The first-order valence-electron chi connectivity index (χ1n) is 9.30. The van der Waals surface area contributed by atoms with Crippen molar-refractivity contribution in [2.45, 2.75) is 12.6 Å². The summed E-state index contributed by atoms with van der Waals surface area (Å²) >= 11 is 1.62. The molecule has 5 heteroatoms. The molecule has 3 aromatic carbocycles. The molecule has 1 aliphatic rings. The topological polar surface area (TPSA) is 40.6 Å². The van der Waals surface area contributed by atoms with Crippen molar-refractivity contribution < 1.29 is 9.59 Å². The van der Waals surface area contributed by atoms with Crippen LogP contribution in [0.2, 0.25) is 0 Å². The number of likely N-dealkylation sites (N-methyl/N-ethyl adjacent to an activating group) is 1. The first-order valence-corrected chi connectivity index (χ1v) is 10.5. The number of amides is 2. The highest BCUT2D eigenvalue weighted by molar-refractivity contribution is 7.99. The molecule has 142 valence electrons. The molecular weight excluding hydrogens is 368 g/mol. The molecule has 4 nitrogen and oxygen atoms in total. The molecule has 28 heavy (non-hydrogen) atoms. The normalized spacial score (nSPS) is 16.3. The Hall–Kier alpha value is -2.79. The first kappa shape index (κ1) is 18.6. The van der Waals surface area contributed by atoms with Crippen LogP contribution in [-0.4, -0.2) is 46.3 Å². The van der Waals surface area contributed by atoms with Gasteiger partial charge in [-0.3, -0.25) is 9.59 Å². The summed E-state index contributed by atoms with van der Waals surface area (Å²) in [5.74, 6) is 1.10. The van der Waals surface area contributed by atoms with Crippen molar-refractivity contribution in [2.75, 3.05) is 18.7 Å². The van der Waals surface area contributed by atoms with Crippen molar-refractivity contribution in [3.05, 3.63) is 83.9 Å². The van der Waals surface area contributed by atoms with Crippen LogP contribution in [0.5, 0.6) is 0 Å². The standard InChI is InChI=1S/C23H22N2O2S/c1-24(14-17-11-12-18-7-5-6-10-20(18)13-17)23(27)21-15-28-16-25(21)22(26)19-8-3-2-4-9-19/h2-13,21H,14-16H2,1H3/t21-/m1/s1. The van der Waals surface area contributed by atoms with Crippen LogP contribution in [0.15, 0.2) is 72.8 Å². The Morgan fingerprint density at radius 3 is 2.50 bits per heavy atom. The molecule has 0 aromatic heterocycles. The summed E-state index contributed by atoms with van der Waals surface area (Å²) in [5, 5.41) is 2.35. The minimum Gasteiger partial charge on any atom is -0.340 e. The van der Waals surface area contributed by atoms with Crippen LogP contribution in [0.1, 0.15) is 15.9 Å². The van der Waals surface area contributed by atoms with Crippen molar-refractivity contribution in [2.24, 2.45) is 0 Å². The van der Waals surface area contributed by atoms with Gasteiger partial charge in [0.05, 0.1) is 5.88 Å². The van der Waals surface area contributed by atoms with Gasteiger partial charge in [0.2, 0.25) is 5.91 Å². The number of benzene rings is 3. The minimum absolute atomic E-state index is 0.0116. The number of hydrogen-bond donors (Lipinski definition) is 0. The summed E-state index contributed by atoms with van der Waals surface area (Å²) in [4.78, 5) is 29.3. The third kappa shape index (κ3) is 3.76. The van der Waals surface area contributed by atoms with E-state index in [0.717, 1.165) is 10.9 Å². The number of hydrogen-bond acceptors (Lipinski definition) is 3.